The van der Waals surface area contributed by atoms with Gasteiger partial charge in [0.15, 0.2) is 6.10 Å². The zero-order valence-corrected chi connectivity index (χ0v) is 15.0. The number of benzene rings is 1. The van der Waals surface area contributed by atoms with Crippen LogP contribution in [0.4, 0.5) is 21.9 Å². The summed E-state index contributed by atoms with van der Waals surface area (Å²) < 4.78 is 5.38. The summed E-state index contributed by atoms with van der Waals surface area (Å²) >= 11 is 0. The lowest BCUT2D eigenvalue weighted by Gasteiger charge is -2.31. The number of carbonyl (C=O) groups excluding carboxylic acids is 2. The highest BCUT2D eigenvalue weighted by Gasteiger charge is 2.65. The monoisotopic (exact) mass is 390 g/mol. The Bertz CT molecular complexity index is 871. The fourth-order valence-corrected chi connectivity index (χ4v) is 5.06. The first-order valence-corrected chi connectivity index (χ1v) is 8.95. The number of nitro benzene ring substituents is 2. The molecule has 3 aliphatic rings. The summed E-state index contributed by atoms with van der Waals surface area (Å²) in [6.07, 6.45) is 0.827. The Labute approximate surface area is 158 Å². The van der Waals surface area contributed by atoms with Crippen LogP contribution in [-0.4, -0.2) is 44.9 Å². The summed E-state index contributed by atoms with van der Waals surface area (Å²) in [4.78, 5) is 47.2. The lowest BCUT2D eigenvalue weighted by atomic mass is 9.84. The number of nitrogens with zero attached hydrogens (tertiary/aromatic N) is 3. The van der Waals surface area contributed by atoms with Gasteiger partial charge in [0.1, 0.15) is 0 Å². The Morgan fingerprint density at radius 3 is 2.43 bits per heavy atom. The molecule has 1 N–H and O–H groups in total. The quantitative estimate of drug-likeness (QED) is 0.614. The maximum absolute atomic E-state index is 12.7. The number of hydrogen-bond acceptors (Lipinski definition) is 7. The number of hydrogen-bond donors (Lipinski definition) is 1. The molecule has 4 atom stereocenters. The van der Waals surface area contributed by atoms with Crippen LogP contribution in [0.2, 0.25) is 0 Å². The Kier molecular flexibility index (Phi) is 3.98. The molecule has 0 bridgehead atoms. The van der Waals surface area contributed by atoms with Crippen molar-refractivity contribution in [2.24, 2.45) is 11.8 Å². The Balaban J connectivity index is 1.52. The van der Waals surface area contributed by atoms with Gasteiger partial charge in [-0.1, -0.05) is 0 Å². The topological polar surface area (TPSA) is 145 Å². The second-order valence-corrected chi connectivity index (χ2v) is 7.59. The number of anilines is 1. The van der Waals surface area contributed by atoms with Crippen molar-refractivity contribution in [3.8, 4) is 0 Å². The average molecular weight is 390 g/mol. The number of non-ortho nitro benzene ring substituents is 2. The number of amides is 2. The third kappa shape index (κ3) is 2.57. The highest BCUT2D eigenvalue weighted by Crippen LogP contribution is 2.56. The van der Waals surface area contributed by atoms with E-state index in [4.69, 9.17) is 4.74 Å². The summed E-state index contributed by atoms with van der Waals surface area (Å²) in [5.41, 5.74) is -1.51. The van der Waals surface area contributed by atoms with E-state index in [0.29, 0.717) is 12.5 Å². The van der Waals surface area contributed by atoms with Gasteiger partial charge in [-0.05, 0) is 32.1 Å². The summed E-state index contributed by atoms with van der Waals surface area (Å²) in [5, 5.41) is 24.2. The summed E-state index contributed by atoms with van der Waals surface area (Å²) in [7, 11) is 0. The van der Waals surface area contributed by atoms with Crippen LogP contribution < -0.4 is 5.32 Å². The minimum atomic E-state index is -0.971. The van der Waals surface area contributed by atoms with Crippen LogP contribution in [0, 0.1) is 32.1 Å². The van der Waals surface area contributed by atoms with Crippen LogP contribution in [0.3, 0.4) is 0 Å². The predicted octanol–water partition coefficient (Wildman–Crippen LogP) is 2.45. The first kappa shape index (κ1) is 18.1. The molecule has 28 heavy (non-hydrogen) atoms. The van der Waals surface area contributed by atoms with E-state index in [0.717, 1.165) is 37.5 Å². The minimum Gasteiger partial charge on any atom is -0.435 e. The second-order valence-electron chi connectivity index (χ2n) is 7.59. The predicted molar refractivity (Wildman–Crippen MR) is 94.6 cm³/mol. The first-order valence-electron chi connectivity index (χ1n) is 8.95. The molecule has 11 heteroatoms. The number of nitro groups is 2. The minimum absolute atomic E-state index is 0.0994. The Morgan fingerprint density at radius 2 is 1.82 bits per heavy atom. The van der Waals surface area contributed by atoms with Crippen LogP contribution >= 0.6 is 0 Å². The lowest BCUT2D eigenvalue weighted by Crippen LogP contribution is -2.42. The average Bonchev–Trinajstić information content (AvgIpc) is 3.20. The molecular weight excluding hydrogens is 372 g/mol. The fourth-order valence-electron chi connectivity index (χ4n) is 5.06. The van der Waals surface area contributed by atoms with Crippen molar-refractivity contribution in [1.29, 1.82) is 0 Å². The molecule has 1 aromatic carbocycles. The van der Waals surface area contributed by atoms with Crippen molar-refractivity contribution in [3.05, 3.63) is 38.4 Å². The van der Waals surface area contributed by atoms with Gasteiger partial charge in [0.25, 0.3) is 17.3 Å². The van der Waals surface area contributed by atoms with Gasteiger partial charge in [-0.25, -0.2) is 4.79 Å². The van der Waals surface area contributed by atoms with Crippen molar-refractivity contribution in [2.75, 3.05) is 11.9 Å². The van der Waals surface area contributed by atoms with Crippen molar-refractivity contribution < 1.29 is 24.2 Å². The molecule has 2 saturated heterocycles. The Morgan fingerprint density at radius 1 is 1.18 bits per heavy atom. The van der Waals surface area contributed by atoms with E-state index in [-0.39, 0.29) is 23.1 Å². The van der Waals surface area contributed by atoms with Crippen molar-refractivity contribution in [2.45, 2.75) is 37.8 Å². The zero-order chi connectivity index (χ0) is 20.2. The molecule has 148 valence electrons. The van der Waals surface area contributed by atoms with Gasteiger partial charge in [-0.15, -0.1) is 0 Å². The number of rotatable bonds is 4. The molecule has 1 saturated carbocycles. The summed E-state index contributed by atoms with van der Waals surface area (Å²) in [6, 6.07) is 2.79. The van der Waals surface area contributed by atoms with Gasteiger partial charge in [0.05, 0.1) is 21.6 Å². The standard InChI is InChI=1S/C17H18N4O7/c1-17-9-2-3-13(17)14(15(22)19(17)5-4-9)28-16(23)18-10-6-11(20(24)25)8-12(7-10)21(26)27/h6-9,13-14H,2-5H2,1H3,(H,18,23). The van der Waals surface area contributed by atoms with Crippen LogP contribution in [0.5, 0.6) is 0 Å². The third-order valence-electron chi connectivity index (χ3n) is 6.37. The molecule has 0 radical (unpaired) electrons. The number of ether oxygens (including phenoxy) is 1. The molecule has 3 fully saturated rings. The molecule has 0 aromatic heterocycles. The molecule has 1 aromatic rings. The Hall–Kier alpha value is -3.24. The van der Waals surface area contributed by atoms with Crippen molar-refractivity contribution in [1.82, 2.24) is 4.90 Å². The maximum Gasteiger partial charge on any atom is 0.412 e. The van der Waals surface area contributed by atoms with E-state index >= 15 is 0 Å². The largest absolute Gasteiger partial charge is 0.435 e. The maximum atomic E-state index is 12.7. The van der Waals surface area contributed by atoms with Gasteiger partial charge in [-0.3, -0.25) is 30.3 Å². The number of nitrogens with one attached hydrogen (secondary N) is 1. The molecule has 2 aliphatic heterocycles. The van der Waals surface area contributed by atoms with Gasteiger partial charge < -0.3 is 9.64 Å². The SMILES string of the molecule is CC12C3CCC1C(OC(=O)Nc1cc([N+](=O)[O-])cc([N+](=O)[O-])c1)C(=O)N2CC3. The number of carbonyl (C=O) groups is 2. The van der Waals surface area contributed by atoms with Crippen LogP contribution in [0.1, 0.15) is 26.2 Å². The summed E-state index contributed by atoms with van der Waals surface area (Å²) in [6.45, 7) is 2.68. The van der Waals surface area contributed by atoms with Gasteiger partial charge in [0.2, 0.25) is 0 Å². The van der Waals surface area contributed by atoms with Crippen LogP contribution in [0.15, 0.2) is 18.2 Å². The van der Waals surface area contributed by atoms with Crippen LogP contribution in [0.25, 0.3) is 0 Å². The second kappa shape index (κ2) is 6.14. The van der Waals surface area contributed by atoms with Crippen molar-refractivity contribution in [3.63, 3.8) is 0 Å². The molecule has 4 unspecified atom stereocenters. The highest BCUT2D eigenvalue weighted by atomic mass is 16.6. The van der Waals surface area contributed by atoms with E-state index in [1.807, 2.05) is 6.92 Å². The molecule has 11 nitrogen and oxygen atoms in total. The van der Waals surface area contributed by atoms with E-state index in [1.165, 1.54) is 0 Å². The normalized spacial score (nSPS) is 30.2. The smallest absolute Gasteiger partial charge is 0.412 e. The zero-order valence-electron chi connectivity index (χ0n) is 15.0. The van der Waals surface area contributed by atoms with Crippen LogP contribution in [-0.2, 0) is 9.53 Å². The molecule has 0 spiro atoms. The molecule has 4 rings (SSSR count). The molecular formula is C17H18N4O7. The van der Waals surface area contributed by atoms with E-state index in [1.54, 1.807) is 4.90 Å². The van der Waals surface area contributed by atoms with E-state index in [9.17, 15) is 29.8 Å². The fraction of sp³-hybridized carbons (Fsp3) is 0.529. The molecule has 2 amide bonds. The summed E-state index contributed by atoms with van der Waals surface area (Å²) in [5.74, 6) is 0.0742. The van der Waals surface area contributed by atoms with Gasteiger partial charge in [0, 0.05) is 30.1 Å². The lowest BCUT2D eigenvalue weighted by molar-refractivity contribution is -0.394. The highest BCUT2D eigenvalue weighted by molar-refractivity contribution is 5.91. The van der Waals surface area contributed by atoms with Gasteiger partial charge in [-0.2, -0.15) is 0 Å². The van der Waals surface area contributed by atoms with E-state index in [2.05, 4.69) is 5.32 Å². The molecule has 2 heterocycles. The molecule has 1 aliphatic carbocycles. The van der Waals surface area contributed by atoms with E-state index < -0.39 is 33.4 Å². The first-order chi connectivity index (χ1) is 13.2. The van der Waals surface area contributed by atoms with Gasteiger partial charge >= 0.3 is 6.09 Å². The third-order valence-corrected chi connectivity index (χ3v) is 6.37. The van der Waals surface area contributed by atoms with Crippen molar-refractivity contribution >= 4 is 29.1 Å².